The van der Waals surface area contributed by atoms with Crippen molar-refractivity contribution in [2.45, 2.75) is 19.9 Å². The molecule has 1 unspecified atom stereocenters. The Morgan fingerprint density at radius 3 is 2.40 bits per heavy atom. The van der Waals surface area contributed by atoms with Crippen LogP contribution in [0.2, 0.25) is 0 Å². The second-order valence-corrected chi connectivity index (χ2v) is 7.67. The van der Waals surface area contributed by atoms with Crippen molar-refractivity contribution < 1.29 is 14.5 Å². The number of pyridine rings is 1. The van der Waals surface area contributed by atoms with Gasteiger partial charge in [-0.3, -0.25) is 19.9 Å². The third kappa shape index (κ3) is 5.74. The first-order chi connectivity index (χ1) is 16.9. The minimum absolute atomic E-state index is 0.158. The van der Waals surface area contributed by atoms with Gasteiger partial charge in [0.05, 0.1) is 16.7 Å². The fourth-order valence-electron chi connectivity index (χ4n) is 3.36. The fraction of sp³-hybridized carbons (Fsp3) is 0.120. The highest BCUT2D eigenvalue weighted by Gasteiger charge is 2.20. The van der Waals surface area contributed by atoms with Gasteiger partial charge >= 0.3 is 6.01 Å². The van der Waals surface area contributed by atoms with Crippen LogP contribution >= 0.6 is 0 Å². The Morgan fingerprint density at radius 2 is 1.71 bits per heavy atom. The van der Waals surface area contributed by atoms with Crippen LogP contribution in [0, 0.1) is 17.0 Å². The first-order valence-corrected chi connectivity index (χ1v) is 10.7. The molecule has 0 fully saturated rings. The van der Waals surface area contributed by atoms with Crippen molar-refractivity contribution in [1.82, 2.24) is 15.0 Å². The summed E-state index contributed by atoms with van der Waals surface area (Å²) in [6.07, 6.45) is 4.80. The average Bonchev–Trinajstić information content (AvgIpc) is 2.87. The Morgan fingerprint density at radius 1 is 0.971 bits per heavy atom. The lowest BCUT2D eigenvalue weighted by Crippen LogP contribution is -2.14. The molecular formula is C25H22N6O4. The number of aromatic nitrogens is 3. The number of hydrogen-bond donors (Lipinski definition) is 2. The lowest BCUT2D eigenvalue weighted by Gasteiger charge is -2.15. The molecule has 0 saturated heterocycles. The number of carbonyl (C=O) groups excluding carboxylic acids is 1. The van der Waals surface area contributed by atoms with E-state index in [0.29, 0.717) is 17.1 Å². The molecule has 0 aliphatic carbocycles. The van der Waals surface area contributed by atoms with Gasteiger partial charge in [0, 0.05) is 35.9 Å². The SMILES string of the molecule is Cc1cc(Oc2ncccn2)ccc1NC(=O)c1ccc(NC(C)c2ccccn2)c([N+](=O)[O-])c1. The van der Waals surface area contributed by atoms with Gasteiger partial charge in [0.1, 0.15) is 11.4 Å². The molecule has 0 aliphatic rings. The molecule has 2 heterocycles. The molecule has 35 heavy (non-hydrogen) atoms. The normalized spacial score (nSPS) is 11.4. The van der Waals surface area contributed by atoms with Crippen molar-refractivity contribution >= 4 is 23.0 Å². The topological polar surface area (TPSA) is 132 Å². The Labute approximate surface area is 201 Å². The quantitative estimate of drug-likeness (QED) is 0.262. The molecule has 1 atom stereocenters. The van der Waals surface area contributed by atoms with E-state index in [1.807, 2.05) is 26.0 Å². The van der Waals surface area contributed by atoms with Gasteiger partial charge < -0.3 is 15.4 Å². The molecule has 0 spiro atoms. The molecule has 0 saturated carbocycles. The van der Waals surface area contributed by atoms with Crippen LogP contribution in [0.15, 0.2) is 79.3 Å². The number of aryl methyl sites for hydroxylation is 1. The Balaban J connectivity index is 1.49. The molecule has 4 rings (SSSR count). The van der Waals surface area contributed by atoms with E-state index in [9.17, 15) is 14.9 Å². The summed E-state index contributed by atoms with van der Waals surface area (Å²) in [6.45, 7) is 3.66. The van der Waals surface area contributed by atoms with Crippen LogP contribution in [0.5, 0.6) is 11.8 Å². The van der Waals surface area contributed by atoms with E-state index in [2.05, 4.69) is 25.6 Å². The van der Waals surface area contributed by atoms with E-state index >= 15 is 0 Å². The van der Waals surface area contributed by atoms with Crippen molar-refractivity contribution in [2.75, 3.05) is 10.6 Å². The summed E-state index contributed by atoms with van der Waals surface area (Å²) in [4.78, 5) is 36.3. The highest BCUT2D eigenvalue weighted by molar-refractivity contribution is 6.05. The van der Waals surface area contributed by atoms with Gasteiger partial charge in [-0.05, 0) is 67.9 Å². The van der Waals surface area contributed by atoms with Crippen LogP contribution < -0.4 is 15.4 Å². The lowest BCUT2D eigenvalue weighted by atomic mass is 10.1. The maximum Gasteiger partial charge on any atom is 0.321 e. The minimum Gasteiger partial charge on any atom is -0.424 e. The van der Waals surface area contributed by atoms with Crippen molar-refractivity contribution in [3.8, 4) is 11.8 Å². The fourth-order valence-corrected chi connectivity index (χ4v) is 3.36. The zero-order valence-corrected chi connectivity index (χ0v) is 19.0. The molecule has 10 nitrogen and oxygen atoms in total. The van der Waals surface area contributed by atoms with Crippen LogP contribution in [0.25, 0.3) is 0 Å². The third-order valence-corrected chi connectivity index (χ3v) is 5.16. The van der Waals surface area contributed by atoms with Gasteiger partial charge in [-0.25, -0.2) is 9.97 Å². The molecular weight excluding hydrogens is 448 g/mol. The predicted octanol–water partition coefficient (Wildman–Crippen LogP) is 5.31. The molecule has 2 N–H and O–H groups in total. The standard InChI is InChI=1S/C25H22N6O4/c1-16-14-19(35-25-27-12-5-13-28-25)8-10-20(16)30-24(32)18-7-9-22(23(15-18)31(33)34)29-17(2)21-6-3-4-11-26-21/h3-15,17,29H,1-2H3,(H,30,32). The highest BCUT2D eigenvalue weighted by Crippen LogP contribution is 2.30. The number of anilines is 2. The number of amides is 1. The predicted molar refractivity (Wildman–Crippen MR) is 131 cm³/mol. The zero-order valence-electron chi connectivity index (χ0n) is 19.0. The second-order valence-electron chi connectivity index (χ2n) is 7.67. The van der Waals surface area contributed by atoms with Gasteiger partial charge in [-0.15, -0.1) is 0 Å². The van der Waals surface area contributed by atoms with Gasteiger partial charge in [0.25, 0.3) is 11.6 Å². The minimum atomic E-state index is -0.521. The van der Waals surface area contributed by atoms with Crippen molar-refractivity contribution in [3.05, 3.63) is 106 Å². The van der Waals surface area contributed by atoms with E-state index in [4.69, 9.17) is 4.74 Å². The number of rotatable bonds is 8. The molecule has 10 heteroatoms. The lowest BCUT2D eigenvalue weighted by molar-refractivity contribution is -0.384. The molecule has 0 aliphatic heterocycles. The van der Waals surface area contributed by atoms with Crippen LogP contribution in [0.3, 0.4) is 0 Å². The zero-order chi connectivity index (χ0) is 24.8. The van der Waals surface area contributed by atoms with Crippen LogP contribution in [-0.4, -0.2) is 25.8 Å². The highest BCUT2D eigenvalue weighted by atomic mass is 16.6. The van der Waals surface area contributed by atoms with Crippen molar-refractivity contribution in [2.24, 2.45) is 0 Å². The Hall–Kier alpha value is -4.86. The number of nitrogens with one attached hydrogen (secondary N) is 2. The van der Waals surface area contributed by atoms with Crippen LogP contribution in [0.1, 0.15) is 34.6 Å². The number of nitrogens with zero attached hydrogens (tertiary/aromatic N) is 4. The molecule has 0 bridgehead atoms. The molecule has 176 valence electrons. The summed E-state index contributed by atoms with van der Waals surface area (Å²) in [7, 11) is 0. The Kier molecular flexibility index (Phi) is 6.91. The van der Waals surface area contributed by atoms with Gasteiger partial charge in [0.2, 0.25) is 0 Å². The number of nitro groups is 1. The van der Waals surface area contributed by atoms with Crippen molar-refractivity contribution in [1.29, 1.82) is 0 Å². The molecule has 2 aromatic heterocycles. The smallest absolute Gasteiger partial charge is 0.321 e. The maximum absolute atomic E-state index is 12.9. The Bertz CT molecular complexity index is 1350. The van der Waals surface area contributed by atoms with E-state index < -0.39 is 10.8 Å². The average molecular weight is 470 g/mol. The largest absolute Gasteiger partial charge is 0.424 e. The summed E-state index contributed by atoms with van der Waals surface area (Å²) in [5.41, 5.74) is 2.28. The van der Waals surface area contributed by atoms with Crippen molar-refractivity contribution in [3.63, 3.8) is 0 Å². The summed E-state index contributed by atoms with van der Waals surface area (Å²) >= 11 is 0. The molecule has 0 radical (unpaired) electrons. The molecule has 1 amide bonds. The summed E-state index contributed by atoms with van der Waals surface area (Å²) in [5.74, 6) is 0.0420. The first-order valence-electron chi connectivity index (χ1n) is 10.7. The summed E-state index contributed by atoms with van der Waals surface area (Å²) in [5, 5.41) is 17.6. The number of hydrogen-bond acceptors (Lipinski definition) is 8. The van der Waals surface area contributed by atoms with Crippen LogP contribution in [-0.2, 0) is 0 Å². The van der Waals surface area contributed by atoms with E-state index in [1.165, 1.54) is 18.2 Å². The third-order valence-electron chi connectivity index (χ3n) is 5.16. The second kappa shape index (κ2) is 10.4. The summed E-state index contributed by atoms with van der Waals surface area (Å²) in [6, 6.07) is 16.5. The van der Waals surface area contributed by atoms with E-state index in [0.717, 1.165) is 11.3 Å². The molecule has 2 aromatic carbocycles. The van der Waals surface area contributed by atoms with E-state index in [1.54, 1.807) is 48.9 Å². The molecule has 4 aromatic rings. The monoisotopic (exact) mass is 470 g/mol. The van der Waals surface area contributed by atoms with Gasteiger partial charge in [-0.2, -0.15) is 0 Å². The number of nitro benzene ring substituents is 1. The first kappa shape index (κ1) is 23.3. The number of benzene rings is 2. The van der Waals surface area contributed by atoms with E-state index in [-0.39, 0.29) is 23.3 Å². The van der Waals surface area contributed by atoms with Gasteiger partial charge in [0.15, 0.2) is 0 Å². The number of carbonyl (C=O) groups is 1. The summed E-state index contributed by atoms with van der Waals surface area (Å²) < 4.78 is 5.60. The maximum atomic E-state index is 12.9. The van der Waals surface area contributed by atoms with Crippen LogP contribution in [0.4, 0.5) is 17.1 Å². The number of ether oxygens (including phenoxy) is 1. The van der Waals surface area contributed by atoms with Gasteiger partial charge in [-0.1, -0.05) is 6.07 Å².